The minimum Gasteiger partial charge on any atom is -0.493 e. The molecule has 6 nitrogen and oxygen atoms in total. The third-order valence-electron chi connectivity index (χ3n) is 4.73. The van der Waals surface area contributed by atoms with Crippen LogP contribution < -0.4 is 19.9 Å². The number of unbranched alkanes of at least 4 members (excludes halogenated alkanes) is 3. The Morgan fingerprint density at radius 3 is 2.58 bits per heavy atom. The Bertz CT molecular complexity index is 829. The highest BCUT2D eigenvalue weighted by molar-refractivity contribution is 5.70. The Balaban J connectivity index is 1.91. The van der Waals surface area contributed by atoms with E-state index in [9.17, 15) is 4.79 Å². The molecule has 0 unspecified atom stereocenters. The van der Waals surface area contributed by atoms with Crippen LogP contribution in [-0.2, 0) is 13.0 Å². The van der Waals surface area contributed by atoms with Crippen LogP contribution >= 0.6 is 0 Å². The molecule has 3 rings (SSSR count). The van der Waals surface area contributed by atoms with Crippen LogP contribution in [0.1, 0.15) is 38.2 Å². The van der Waals surface area contributed by atoms with E-state index in [-0.39, 0.29) is 5.69 Å². The summed E-state index contributed by atoms with van der Waals surface area (Å²) in [5.74, 6) is 1.73. The highest BCUT2D eigenvalue weighted by Gasteiger charge is 2.21. The summed E-state index contributed by atoms with van der Waals surface area (Å²) in [4.78, 5) is 16.5. The first-order valence-electron chi connectivity index (χ1n) is 9.18. The molecule has 1 aromatic carbocycles. The van der Waals surface area contributed by atoms with Gasteiger partial charge in [0.15, 0.2) is 11.5 Å². The summed E-state index contributed by atoms with van der Waals surface area (Å²) < 4.78 is 18.2. The number of hydrogen-bond acceptors (Lipinski definition) is 5. The molecule has 0 saturated heterocycles. The van der Waals surface area contributed by atoms with E-state index in [4.69, 9.17) is 14.2 Å². The first kappa shape index (κ1) is 18.3. The summed E-state index contributed by atoms with van der Waals surface area (Å²) >= 11 is 0. The number of ether oxygens (including phenoxy) is 3. The van der Waals surface area contributed by atoms with E-state index in [0.717, 1.165) is 36.1 Å². The number of aromatic nitrogens is 2. The molecule has 0 radical (unpaired) electrons. The van der Waals surface area contributed by atoms with E-state index in [1.54, 1.807) is 18.8 Å². The third kappa shape index (κ3) is 3.69. The van der Waals surface area contributed by atoms with Gasteiger partial charge in [-0.05, 0) is 30.5 Å². The van der Waals surface area contributed by atoms with Crippen molar-refractivity contribution >= 4 is 0 Å². The van der Waals surface area contributed by atoms with Gasteiger partial charge in [-0.1, -0.05) is 26.2 Å². The van der Waals surface area contributed by atoms with Gasteiger partial charge in [0, 0.05) is 18.2 Å². The zero-order valence-electron chi connectivity index (χ0n) is 15.7. The van der Waals surface area contributed by atoms with Crippen LogP contribution in [0.2, 0.25) is 0 Å². The maximum Gasteiger partial charge on any atom is 0.351 e. The fourth-order valence-corrected chi connectivity index (χ4v) is 3.30. The monoisotopic (exact) mass is 358 g/mol. The van der Waals surface area contributed by atoms with Crippen LogP contribution in [0.4, 0.5) is 0 Å². The Morgan fingerprint density at radius 2 is 1.85 bits per heavy atom. The van der Waals surface area contributed by atoms with Gasteiger partial charge in [0.1, 0.15) is 0 Å². The smallest absolute Gasteiger partial charge is 0.351 e. The van der Waals surface area contributed by atoms with Crippen molar-refractivity contribution in [2.75, 3.05) is 20.8 Å². The van der Waals surface area contributed by atoms with Crippen LogP contribution in [0.3, 0.4) is 0 Å². The molecule has 0 bridgehead atoms. The molecule has 1 aromatic heterocycles. The van der Waals surface area contributed by atoms with Crippen molar-refractivity contribution in [2.24, 2.45) is 0 Å². The molecule has 26 heavy (non-hydrogen) atoms. The summed E-state index contributed by atoms with van der Waals surface area (Å²) in [5, 5.41) is 0. The molecule has 2 aromatic rings. The van der Waals surface area contributed by atoms with E-state index in [1.807, 2.05) is 18.2 Å². The number of fused-ring (bicyclic) bond motifs is 3. The van der Waals surface area contributed by atoms with E-state index in [0.29, 0.717) is 30.5 Å². The number of hydrogen-bond donors (Lipinski definition) is 0. The van der Waals surface area contributed by atoms with Gasteiger partial charge in [0.25, 0.3) is 0 Å². The quantitative estimate of drug-likeness (QED) is 0.677. The summed E-state index contributed by atoms with van der Waals surface area (Å²) in [7, 11) is 3.23. The average Bonchev–Trinajstić information content (AvgIpc) is 2.66. The normalized spacial score (nSPS) is 12.3. The van der Waals surface area contributed by atoms with Crippen LogP contribution in [0.25, 0.3) is 11.3 Å². The molecule has 0 spiro atoms. The third-order valence-corrected chi connectivity index (χ3v) is 4.73. The Morgan fingerprint density at radius 1 is 1.08 bits per heavy atom. The number of rotatable bonds is 8. The van der Waals surface area contributed by atoms with Gasteiger partial charge in [0.05, 0.1) is 26.5 Å². The van der Waals surface area contributed by atoms with Gasteiger partial charge in [-0.25, -0.2) is 4.79 Å². The first-order chi connectivity index (χ1) is 12.7. The largest absolute Gasteiger partial charge is 0.493 e. The van der Waals surface area contributed by atoms with Gasteiger partial charge < -0.3 is 14.2 Å². The summed E-state index contributed by atoms with van der Waals surface area (Å²) in [5.41, 5.74) is 2.63. The van der Waals surface area contributed by atoms with Crippen LogP contribution in [0, 0.1) is 0 Å². The highest BCUT2D eigenvalue weighted by atomic mass is 16.5. The lowest BCUT2D eigenvalue weighted by atomic mass is 9.97. The fraction of sp³-hybridized carbons (Fsp3) is 0.500. The van der Waals surface area contributed by atoms with Crippen molar-refractivity contribution < 1.29 is 14.2 Å². The highest BCUT2D eigenvalue weighted by Crippen LogP contribution is 2.38. The second-order valence-electron chi connectivity index (χ2n) is 6.44. The summed E-state index contributed by atoms with van der Waals surface area (Å²) in [6.07, 6.45) is 5.22. The van der Waals surface area contributed by atoms with Gasteiger partial charge >= 0.3 is 5.69 Å². The zero-order valence-corrected chi connectivity index (χ0v) is 15.7. The average molecular weight is 358 g/mol. The summed E-state index contributed by atoms with van der Waals surface area (Å²) in [6, 6.07) is 5.75. The van der Waals surface area contributed by atoms with Crippen LogP contribution in [0.15, 0.2) is 23.0 Å². The molecule has 0 fully saturated rings. The predicted octanol–water partition coefficient (Wildman–Crippen LogP) is 3.44. The van der Waals surface area contributed by atoms with Crippen molar-refractivity contribution in [3.63, 3.8) is 0 Å². The molecule has 0 amide bonds. The minimum atomic E-state index is -0.272. The molecule has 1 aliphatic rings. The maximum absolute atomic E-state index is 12.4. The van der Waals surface area contributed by atoms with Crippen molar-refractivity contribution in [3.05, 3.63) is 34.2 Å². The molecule has 1 aliphatic heterocycles. The first-order valence-corrected chi connectivity index (χ1v) is 9.18. The molecule has 0 N–H and O–H groups in total. The van der Waals surface area contributed by atoms with Crippen LogP contribution in [-0.4, -0.2) is 30.4 Å². The molecular weight excluding hydrogens is 332 g/mol. The fourth-order valence-electron chi connectivity index (χ4n) is 3.30. The summed E-state index contributed by atoms with van der Waals surface area (Å²) in [6.45, 7) is 3.35. The standard InChI is InChI=1S/C20H26N2O4/c1-4-5-6-7-10-26-19-13-16-15-12-18(25-3)17(24-2)11-14(15)8-9-22(16)20(23)21-19/h11-13H,4-10H2,1-3H3. The lowest BCUT2D eigenvalue weighted by molar-refractivity contribution is 0.291. The van der Waals surface area contributed by atoms with E-state index >= 15 is 0 Å². The van der Waals surface area contributed by atoms with Crippen molar-refractivity contribution in [2.45, 2.75) is 45.6 Å². The number of methoxy groups -OCH3 is 2. The molecule has 0 atom stereocenters. The predicted molar refractivity (Wildman–Crippen MR) is 100 cm³/mol. The zero-order chi connectivity index (χ0) is 18.5. The second kappa shape index (κ2) is 8.25. The molecular formula is C20H26N2O4. The van der Waals surface area contributed by atoms with Gasteiger partial charge in [0.2, 0.25) is 5.88 Å². The molecule has 140 valence electrons. The number of nitrogens with zero attached hydrogens (tertiary/aromatic N) is 2. The van der Waals surface area contributed by atoms with Crippen LogP contribution in [0.5, 0.6) is 17.4 Å². The van der Waals surface area contributed by atoms with E-state index < -0.39 is 0 Å². The molecule has 0 saturated carbocycles. The SMILES string of the molecule is CCCCCCOc1cc2n(c(=O)n1)CCc1cc(OC)c(OC)cc1-2. The molecule has 0 aliphatic carbocycles. The van der Waals surface area contributed by atoms with E-state index in [2.05, 4.69) is 11.9 Å². The Kier molecular flexibility index (Phi) is 5.81. The van der Waals surface area contributed by atoms with Gasteiger partial charge in [-0.3, -0.25) is 4.57 Å². The van der Waals surface area contributed by atoms with Crippen molar-refractivity contribution in [3.8, 4) is 28.6 Å². The second-order valence-corrected chi connectivity index (χ2v) is 6.44. The lowest BCUT2D eigenvalue weighted by Gasteiger charge is -2.23. The van der Waals surface area contributed by atoms with Crippen molar-refractivity contribution in [1.82, 2.24) is 9.55 Å². The lowest BCUT2D eigenvalue weighted by Crippen LogP contribution is -2.28. The van der Waals surface area contributed by atoms with Gasteiger partial charge in [-0.15, -0.1) is 0 Å². The number of aryl methyl sites for hydroxylation is 1. The molecule has 2 heterocycles. The maximum atomic E-state index is 12.4. The van der Waals surface area contributed by atoms with E-state index in [1.165, 1.54) is 12.8 Å². The number of benzene rings is 1. The van der Waals surface area contributed by atoms with Crippen molar-refractivity contribution in [1.29, 1.82) is 0 Å². The minimum absolute atomic E-state index is 0.272. The van der Waals surface area contributed by atoms with Gasteiger partial charge in [-0.2, -0.15) is 4.98 Å². The molecule has 6 heteroatoms. The Labute approximate surface area is 153 Å². The topological polar surface area (TPSA) is 62.6 Å². The Hall–Kier alpha value is -2.50.